The van der Waals surface area contributed by atoms with E-state index in [1.54, 1.807) is 6.08 Å². The second kappa shape index (κ2) is 10.1. The monoisotopic (exact) mass is 706 g/mol. The summed E-state index contributed by atoms with van der Waals surface area (Å²) in [6, 6.07) is 4.09. The van der Waals surface area contributed by atoms with E-state index in [1.807, 2.05) is 20.8 Å². The minimum absolute atomic E-state index is 0.0365. The highest BCUT2D eigenvalue weighted by Crippen LogP contribution is 2.80. The van der Waals surface area contributed by atoms with E-state index in [2.05, 4.69) is 19.1 Å². The third-order valence-electron chi connectivity index (χ3n) is 17.4. The summed E-state index contributed by atoms with van der Waals surface area (Å²) in [6.45, 7) is 7.78. The summed E-state index contributed by atoms with van der Waals surface area (Å²) in [5.41, 5.74) is -8.46. The zero-order chi connectivity index (χ0) is 36.5. The Bertz CT molecular complexity index is 1760. The smallest absolute Gasteiger partial charge is 0.160 e. The van der Waals surface area contributed by atoms with Crippen LogP contribution < -0.4 is 0 Å². The summed E-state index contributed by atoms with van der Waals surface area (Å²) in [7, 11) is 0. The molecular weight excluding hydrogens is 652 g/mol. The lowest BCUT2D eigenvalue weighted by atomic mass is 9.38. The minimum atomic E-state index is -1.73. The highest BCUT2D eigenvalue weighted by molar-refractivity contribution is 5.96. The van der Waals surface area contributed by atoms with Gasteiger partial charge in [0.1, 0.15) is 22.7 Å². The van der Waals surface area contributed by atoms with Crippen molar-refractivity contribution >= 4 is 5.78 Å². The summed E-state index contributed by atoms with van der Waals surface area (Å²) < 4.78 is 7.13. The van der Waals surface area contributed by atoms with Crippen LogP contribution in [0.15, 0.2) is 42.0 Å². The molecule has 10 nitrogen and oxygen atoms in total. The molecule has 1 saturated heterocycles. The van der Waals surface area contributed by atoms with Crippen molar-refractivity contribution in [3.05, 3.63) is 47.6 Å². The van der Waals surface area contributed by atoms with Crippen LogP contribution in [0.2, 0.25) is 0 Å². The van der Waals surface area contributed by atoms with Crippen molar-refractivity contribution in [1.29, 1.82) is 0 Å². The lowest BCUT2D eigenvalue weighted by Crippen LogP contribution is -2.70. The molecule has 16 atom stereocenters. The van der Waals surface area contributed by atoms with E-state index in [-0.39, 0.29) is 66.8 Å². The molecular formula is C41H54O10. The van der Waals surface area contributed by atoms with E-state index in [4.69, 9.17) is 4.74 Å². The predicted octanol–water partition coefficient (Wildman–Crippen LogP) is 3.37. The number of carbonyl (C=O) groups excluding carboxylic acids is 1. The molecule has 9 aliphatic carbocycles. The van der Waals surface area contributed by atoms with E-state index in [9.17, 15) is 45.6 Å². The molecule has 10 heteroatoms. The molecule has 1 aliphatic heterocycles. The van der Waals surface area contributed by atoms with Crippen molar-refractivity contribution in [3.63, 3.8) is 0 Å². The van der Waals surface area contributed by atoms with Crippen LogP contribution in [0.3, 0.4) is 0 Å². The molecule has 10 aliphatic rings. The summed E-state index contributed by atoms with van der Waals surface area (Å²) in [5, 5.41) is 94.7. The Hall–Kier alpha value is -2.31. The van der Waals surface area contributed by atoms with Crippen LogP contribution in [0.1, 0.15) is 97.0 Å². The van der Waals surface area contributed by atoms with E-state index in [1.165, 1.54) is 18.2 Å². The molecule has 1 heterocycles. The van der Waals surface area contributed by atoms with Crippen molar-refractivity contribution in [3.8, 4) is 11.5 Å². The number of fused-ring (bicyclic) bond motifs is 8. The molecule has 51 heavy (non-hydrogen) atoms. The first-order valence-electron chi connectivity index (χ1n) is 19.1. The maximum Gasteiger partial charge on any atom is 0.160 e. The maximum absolute atomic E-state index is 14.7. The zero-order valence-electron chi connectivity index (χ0n) is 30.0. The fourth-order valence-electron chi connectivity index (χ4n) is 14.7. The number of ketones is 1. The predicted molar refractivity (Wildman–Crippen MR) is 184 cm³/mol. The number of phenolic OH excluding ortho intramolecular Hbond substituents is 2. The van der Waals surface area contributed by atoms with Crippen molar-refractivity contribution < 1.29 is 50.4 Å². The standard InChI is InChI=1S/C41H54O10/c1-21-33(47)41(23-5-7-34(21,2)8-6-23)39(49,13-14-42)32-27(51-41)19-40(50)28-18-26(45)31-30(22-15-24(43)17-25(44)16-22)38(48)12-11-37(28,10-9-35(32,40)3)36(31,4)20-29(38)46/h5,7,15-18,21,23,27,29-33,42-44,46-50H,6,8-14,19-20H2,1-4H3. The molecule has 6 saturated carbocycles. The molecule has 6 bridgehead atoms. The van der Waals surface area contributed by atoms with Gasteiger partial charge in [-0.2, -0.15) is 0 Å². The van der Waals surface area contributed by atoms with E-state index in [0.717, 1.165) is 6.42 Å². The number of allylic oxidation sites excluding steroid dienone is 2. The van der Waals surface area contributed by atoms with Gasteiger partial charge in [-0.15, -0.1) is 0 Å². The molecule has 7 fully saturated rings. The molecule has 0 aromatic heterocycles. The number of phenols is 2. The lowest BCUT2D eigenvalue weighted by molar-refractivity contribution is -0.247. The van der Waals surface area contributed by atoms with Crippen molar-refractivity contribution in [1.82, 2.24) is 0 Å². The number of hydrogen-bond acceptors (Lipinski definition) is 10. The molecule has 0 amide bonds. The summed E-state index contributed by atoms with van der Waals surface area (Å²) in [4.78, 5) is 14.7. The van der Waals surface area contributed by atoms with Gasteiger partial charge in [-0.3, -0.25) is 4.79 Å². The van der Waals surface area contributed by atoms with Gasteiger partial charge < -0.3 is 45.6 Å². The largest absolute Gasteiger partial charge is 0.508 e. The number of benzene rings is 1. The molecule has 1 aromatic rings. The van der Waals surface area contributed by atoms with Gasteiger partial charge in [0.25, 0.3) is 0 Å². The average Bonchev–Trinajstić information content (AvgIpc) is 3.34. The molecule has 0 radical (unpaired) electrons. The van der Waals surface area contributed by atoms with Crippen LogP contribution in [0.4, 0.5) is 0 Å². The van der Waals surface area contributed by atoms with Gasteiger partial charge in [-0.05, 0) is 91.0 Å². The Labute approximate surface area is 298 Å². The van der Waals surface area contributed by atoms with Gasteiger partial charge in [-0.25, -0.2) is 0 Å². The Morgan fingerprint density at radius 1 is 0.882 bits per heavy atom. The first kappa shape index (κ1) is 34.5. The van der Waals surface area contributed by atoms with Crippen LogP contribution in [-0.2, 0) is 9.53 Å². The molecule has 2 spiro atoms. The summed E-state index contributed by atoms with van der Waals surface area (Å²) >= 11 is 0. The summed E-state index contributed by atoms with van der Waals surface area (Å²) in [5.74, 6) is -3.61. The van der Waals surface area contributed by atoms with Crippen molar-refractivity contribution in [2.24, 2.45) is 45.3 Å². The van der Waals surface area contributed by atoms with Gasteiger partial charge in [-0.1, -0.05) is 39.8 Å². The van der Waals surface area contributed by atoms with Crippen LogP contribution in [-0.4, -0.2) is 94.0 Å². The Balaban J connectivity index is 1.19. The first-order valence-corrected chi connectivity index (χ1v) is 19.1. The van der Waals surface area contributed by atoms with Crippen molar-refractivity contribution in [2.45, 2.75) is 132 Å². The van der Waals surface area contributed by atoms with Crippen LogP contribution >= 0.6 is 0 Å². The first-order chi connectivity index (χ1) is 23.8. The second-order valence-electron chi connectivity index (χ2n) is 19.0. The quantitative estimate of drug-likeness (QED) is 0.217. The number of aliphatic hydroxyl groups is 6. The fraction of sp³-hybridized carbons (Fsp3) is 0.732. The normalized spacial score (nSPS) is 56.4. The number of aliphatic hydroxyl groups excluding tert-OH is 3. The minimum Gasteiger partial charge on any atom is -0.508 e. The van der Waals surface area contributed by atoms with Gasteiger partial charge in [0.2, 0.25) is 0 Å². The molecule has 1 aromatic carbocycles. The number of hydrogen-bond donors (Lipinski definition) is 8. The molecule has 8 N–H and O–H groups in total. The SMILES string of the molecule is CC1C(O)C2(OC3CC4(O)C5=CC(=O)C6C(c7cc(O)cc(O)c7)C7(O)CCC5(CCC4(C)C3C2(O)CCO)C6(C)CC7O)C2C=CC1(C)CC2. The highest BCUT2D eigenvalue weighted by atomic mass is 16.6. The van der Waals surface area contributed by atoms with Gasteiger partial charge >= 0.3 is 0 Å². The number of aromatic hydroxyl groups is 2. The number of rotatable bonds is 3. The van der Waals surface area contributed by atoms with Crippen molar-refractivity contribution in [2.75, 3.05) is 6.61 Å². The average molecular weight is 707 g/mol. The van der Waals surface area contributed by atoms with Crippen LogP contribution in [0, 0.1) is 45.3 Å². The fourth-order valence-corrected chi connectivity index (χ4v) is 14.7. The second-order valence-corrected chi connectivity index (χ2v) is 19.0. The number of carbonyl (C=O) groups is 1. The van der Waals surface area contributed by atoms with Crippen LogP contribution in [0.25, 0.3) is 0 Å². The topological polar surface area (TPSA) is 188 Å². The number of ether oxygens (including phenoxy) is 1. The zero-order valence-corrected chi connectivity index (χ0v) is 30.0. The van der Waals surface area contributed by atoms with Gasteiger partial charge in [0.15, 0.2) is 5.78 Å². The highest BCUT2D eigenvalue weighted by Gasteiger charge is 2.84. The molecule has 16 unspecified atom stereocenters. The van der Waals surface area contributed by atoms with Gasteiger partial charge in [0.05, 0.1) is 29.5 Å². The van der Waals surface area contributed by atoms with Crippen LogP contribution in [0.5, 0.6) is 11.5 Å². The van der Waals surface area contributed by atoms with Gasteiger partial charge in [0, 0.05) is 60.0 Å². The third kappa shape index (κ3) is 3.63. The van der Waals surface area contributed by atoms with E-state index in [0.29, 0.717) is 36.8 Å². The molecule has 278 valence electrons. The lowest BCUT2D eigenvalue weighted by Gasteiger charge is -2.67. The summed E-state index contributed by atoms with van der Waals surface area (Å²) in [6.07, 6.45) is 6.17. The Morgan fingerprint density at radius 3 is 2.22 bits per heavy atom. The van der Waals surface area contributed by atoms with E-state index < -0.39 is 74.7 Å². The third-order valence-corrected chi connectivity index (χ3v) is 17.4. The molecule has 11 rings (SSSR count). The Morgan fingerprint density at radius 2 is 1.57 bits per heavy atom. The van der Waals surface area contributed by atoms with E-state index >= 15 is 0 Å². The Kier molecular flexibility index (Phi) is 6.79. The maximum atomic E-state index is 14.7.